The van der Waals surface area contributed by atoms with E-state index in [1.165, 1.54) is 0 Å². The van der Waals surface area contributed by atoms with Gasteiger partial charge in [-0.25, -0.2) is 9.97 Å². The maximum absolute atomic E-state index is 4.18. The van der Waals surface area contributed by atoms with E-state index in [4.69, 9.17) is 0 Å². The van der Waals surface area contributed by atoms with E-state index >= 15 is 0 Å². The average Bonchev–Trinajstić information content (AvgIpc) is 2.24. The Morgan fingerprint density at radius 3 is 2.56 bits per heavy atom. The lowest BCUT2D eigenvalue weighted by Crippen LogP contribution is -2.17. The van der Waals surface area contributed by atoms with Crippen LogP contribution in [0, 0.1) is 0 Å². The summed E-state index contributed by atoms with van der Waals surface area (Å²) in [6, 6.07) is 1.95. The van der Waals surface area contributed by atoms with Crippen molar-refractivity contribution in [3.05, 3.63) is 12.4 Å². The molecule has 0 fully saturated rings. The third-order valence-electron chi connectivity index (χ3n) is 2.20. The van der Waals surface area contributed by atoms with Crippen molar-refractivity contribution >= 4 is 11.6 Å². The number of nitrogens with one attached hydrogen (secondary N) is 1. The quantitative estimate of drug-likeness (QED) is 0.726. The van der Waals surface area contributed by atoms with E-state index in [9.17, 15) is 0 Å². The molecule has 0 unspecified atom stereocenters. The lowest BCUT2D eigenvalue weighted by atomic mass is 10.4. The second-order valence-corrected chi connectivity index (χ2v) is 4.24. The summed E-state index contributed by atoms with van der Waals surface area (Å²) in [6.07, 6.45) is 2.69. The molecule has 0 bridgehead atoms. The molecule has 0 atom stereocenters. The Balaban J connectivity index is 2.39. The molecule has 5 nitrogen and oxygen atoms in total. The van der Waals surface area contributed by atoms with Gasteiger partial charge < -0.3 is 15.1 Å². The fraction of sp³-hybridized carbons (Fsp3) is 0.636. The summed E-state index contributed by atoms with van der Waals surface area (Å²) in [5, 5.41) is 3.29. The molecule has 1 aromatic rings. The summed E-state index contributed by atoms with van der Waals surface area (Å²) in [6.45, 7) is 2.01. The third-order valence-corrected chi connectivity index (χ3v) is 2.20. The van der Waals surface area contributed by atoms with E-state index in [1.54, 1.807) is 6.33 Å². The van der Waals surface area contributed by atoms with E-state index in [1.807, 2.05) is 25.1 Å². The van der Waals surface area contributed by atoms with Crippen LogP contribution in [0.3, 0.4) is 0 Å². The maximum Gasteiger partial charge on any atom is 0.133 e. The molecule has 0 saturated heterocycles. The number of rotatable bonds is 6. The Hall–Kier alpha value is -1.36. The highest BCUT2D eigenvalue weighted by Gasteiger charge is 1.99. The highest BCUT2D eigenvalue weighted by atomic mass is 15.2. The summed E-state index contributed by atoms with van der Waals surface area (Å²) in [5.41, 5.74) is 0. The minimum absolute atomic E-state index is 0.887. The van der Waals surface area contributed by atoms with Crippen molar-refractivity contribution in [3.63, 3.8) is 0 Å². The molecule has 0 aromatic carbocycles. The molecule has 1 rings (SSSR count). The number of anilines is 2. The molecule has 16 heavy (non-hydrogen) atoms. The minimum Gasteiger partial charge on any atom is -0.370 e. The van der Waals surface area contributed by atoms with Gasteiger partial charge in [-0.05, 0) is 27.1 Å². The van der Waals surface area contributed by atoms with Gasteiger partial charge in [-0.1, -0.05) is 0 Å². The van der Waals surface area contributed by atoms with Crippen molar-refractivity contribution in [1.29, 1.82) is 0 Å². The van der Waals surface area contributed by atoms with E-state index in [2.05, 4.69) is 34.3 Å². The molecule has 1 aromatic heterocycles. The van der Waals surface area contributed by atoms with Crippen LogP contribution >= 0.6 is 0 Å². The van der Waals surface area contributed by atoms with Crippen LogP contribution in [0.2, 0.25) is 0 Å². The predicted molar refractivity (Wildman–Crippen MR) is 68.0 cm³/mol. The first-order chi connectivity index (χ1) is 7.59. The largest absolute Gasteiger partial charge is 0.370 e. The molecule has 0 aliphatic carbocycles. The molecule has 90 valence electrons. The lowest BCUT2D eigenvalue weighted by molar-refractivity contribution is 0.405. The van der Waals surface area contributed by atoms with Crippen LogP contribution in [0.5, 0.6) is 0 Å². The second-order valence-electron chi connectivity index (χ2n) is 4.24. The number of hydrogen-bond donors (Lipinski definition) is 1. The SMILES string of the molecule is CN(C)CCCNc1cc(N(C)C)ncn1. The topological polar surface area (TPSA) is 44.3 Å². The molecule has 0 radical (unpaired) electrons. The Morgan fingerprint density at radius 1 is 1.19 bits per heavy atom. The smallest absolute Gasteiger partial charge is 0.133 e. The first kappa shape index (κ1) is 12.7. The number of nitrogens with zero attached hydrogens (tertiary/aromatic N) is 4. The normalized spacial score (nSPS) is 10.6. The highest BCUT2D eigenvalue weighted by molar-refractivity contribution is 5.47. The minimum atomic E-state index is 0.887. The van der Waals surface area contributed by atoms with Gasteiger partial charge in [0.2, 0.25) is 0 Å². The van der Waals surface area contributed by atoms with Crippen LogP contribution in [0.1, 0.15) is 6.42 Å². The molecular formula is C11H21N5. The van der Waals surface area contributed by atoms with Crippen molar-refractivity contribution in [2.45, 2.75) is 6.42 Å². The summed E-state index contributed by atoms with van der Waals surface area (Å²) in [7, 11) is 8.10. The molecule has 1 N–H and O–H groups in total. The highest BCUT2D eigenvalue weighted by Crippen LogP contribution is 2.10. The summed E-state index contributed by atoms with van der Waals surface area (Å²) < 4.78 is 0. The summed E-state index contributed by atoms with van der Waals surface area (Å²) in [4.78, 5) is 12.5. The summed E-state index contributed by atoms with van der Waals surface area (Å²) in [5.74, 6) is 1.81. The monoisotopic (exact) mass is 223 g/mol. The molecular weight excluding hydrogens is 202 g/mol. The molecule has 0 amide bonds. The third kappa shape index (κ3) is 4.44. The Labute approximate surface area is 97.5 Å². The van der Waals surface area contributed by atoms with Gasteiger partial charge in [0.1, 0.15) is 18.0 Å². The van der Waals surface area contributed by atoms with Crippen molar-refractivity contribution in [3.8, 4) is 0 Å². The van der Waals surface area contributed by atoms with E-state index < -0.39 is 0 Å². The van der Waals surface area contributed by atoms with Gasteiger partial charge in [0.15, 0.2) is 0 Å². The van der Waals surface area contributed by atoms with Crippen LogP contribution in [0.15, 0.2) is 12.4 Å². The van der Waals surface area contributed by atoms with Crippen LogP contribution in [0.4, 0.5) is 11.6 Å². The molecule has 0 spiro atoms. The standard InChI is InChI=1S/C11H21N5/c1-15(2)7-5-6-12-10-8-11(16(3)4)14-9-13-10/h8-9H,5-7H2,1-4H3,(H,12,13,14). The first-order valence-electron chi connectivity index (χ1n) is 5.47. The van der Waals surface area contributed by atoms with E-state index in [0.29, 0.717) is 0 Å². The Kier molecular flexibility index (Phi) is 4.98. The average molecular weight is 223 g/mol. The maximum atomic E-state index is 4.18. The zero-order valence-electron chi connectivity index (χ0n) is 10.6. The van der Waals surface area contributed by atoms with Gasteiger partial charge in [0, 0.05) is 26.7 Å². The lowest BCUT2D eigenvalue weighted by Gasteiger charge is -2.13. The van der Waals surface area contributed by atoms with Gasteiger partial charge in [0.05, 0.1) is 0 Å². The Bertz CT molecular complexity index is 311. The van der Waals surface area contributed by atoms with Crippen molar-refractivity contribution in [2.24, 2.45) is 0 Å². The van der Waals surface area contributed by atoms with E-state index in [0.717, 1.165) is 31.1 Å². The molecule has 0 saturated carbocycles. The first-order valence-corrected chi connectivity index (χ1v) is 5.47. The van der Waals surface area contributed by atoms with Crippen molar-refractivity contribution < 1.29 is 0 Å². The Morgan fingerprint density at radius 2 is 1.94 bits per heavy atom. The fourth-order valence-electron chi connectivity index (χ4n) is 1.30. The number of aromatic nitrogens is 2. The number of hydrogen-bond acceptors (Lipinski definition) is 5. The zero-order chi connectivity index (χ0) is 12.0. The molecule has 1 heterocycles. The predicted octanol–water partition coefficient (Wildman–Crippen LogP) is 0.906. The molecule has 0 aliphatic heterocycles. The second kappa shape index (κ2) is 6.27. The van der Waals surface area contributed by atoms with Crippen molar-refractivity contribution in [1.82, 2.24) is 14.9 Å². The summed E-state index contributed by atoms with van der Waals surface area (Å²) >= 11 is 0. The van der Waals surface area contributed by atoms with Gasteiger partial charge >= 0.3 is 0 Å². The zero-order valence-corrected chi connectivity index (χ0v) is 10.6. The van der Waals surface area contributed by atoms with Gasteiger partial charge in [0.25, 0.3) is 0 Å². The fourth-order valence-corrected chi connectivity index (χ4v) is 1.30. The van der Waals surface area contributed by atoms with E-state index in [-0.39, 0.29) is 0 Å². The van der Waals surface area contributed by atoms with Crippen LogP contribution in [-0.4, -0.2) is 56.1 Å². The van der Waals surface area contributed by atoms with Gasteiger partial charge in [-0.3, -0.25) is 0 Å². The van der Waals surface area contributed by atoms with Gasteiger partial charge in [-0.15, -0.1) is 0 Å². The van der Waals surface area contributed by atoms with Crippen LogP contribution in [-0.2, 0) is 0 Å². The van der Waals surface area contributed by atoms with Crippen LogP contribution in [0.25, 0.3) is 0 Å². The van der Waals surface area contributed by atoms with Gasteiger partial charge in [-0.2, -0.15) is 0 Å². The van der Waals surface area contributed by atoms with Crippen LogP contribution < -0.4 is 10.2 Å². The van der Waals surface area contributed by atoms with Crippen molar-refractivity contribution in [2.75, 3.05) is 51.5 Å². The molecule has 0 aliphatic rings. The molecule has 5 heteroatoms.